The third-order valence-electron chi connectivity index (χ3n) is 3.24. The van der Waals surface area contributed by atoms with Gasteiger partial charge in [0, 0.05) is 12.2 Å². The Kier molecular flexibility index (Phi) is 4.52. The van der Waals surface area contributed by atoms with Gasteiger partial charge in [0.2, 0.25) is 5.91 Å². The summed E-state index contributed by atoms with van der Waals surface area (Å²) in [6, 6.07) is 6.70. The Labute approximate surface area is 112 Å². The van der Waals surface area contributed by atoms with Crippen molar-refractivity contribution >= 4 is 17.6 Å². The van der Waals surface area contributed by atoms with Crippen molar-refractivity contribution in [1.82, 2.24) is 5.32 Å². The second-order valence-electron chi connectivity index (χ2n) is 4.60. The molecule has 0 radical (unpaired) electrons. The third kappa shape index (κ3) is 3.54. The molecule has 1 fully saturated rings. The number of carbonyl (C=O) groups excluding carboxylic acids is 2. The van der Waals surface area contributed by atoms with E-state index in [-0.39, 0.29) is 17.8 Å². The number of benzene rings is 1. The Morgan fingerprint density at radius 2 is 2.05 bits per heavy atom. The fourth-order valence-electron chi connectivity index (χ4n) is 2.13. The molecule has 1 saturated heterocycles. The van der Waals surface area contributed by atoms with Crippen LogP contribution in [0, 0.1) is 5.92 Å². The van der Waals surface area contributed by atoms with E-state index in [0.29, 0.717) is 11.3 Å². The standard InChI is InChI=1S/C14H18N2O3/c1-19-14(18)10-4-6-12(7-5-10)16-13(17)11-3-2-8-15-9-11/h4-7,11,15H,2-3,8-9H2,1H3,(H,16,17). The van der Waals surface area contributed by atoms with Crippen molar-refractivity contribution < 1.29 is 14.3 Å². The topological polar surface area (TPSA) is 67.4 Å². The maximum Gasteiger partial charge on any atom is 0.337 e. The monoisotopic (exact) mass is 262 g/mol. The van der Waals surface area contributed by atoms with Crippen LogP contribution in [0.5, 0.6) is 0 Å². The quantitative estimate of drug-likeness (QED) is 0.808. The lowest BCUT2D eigenvalue weighted by atomic mass is 9.99. The van der Waals surface area contributed by atoms with E-state index >= 15 is 0 Å². The van der Waals surface area contributed by atoms with Gasteiger partial charge >= 0.3 is 5.97 Å². The summed E-state index contributed by atoms with van der Waals surface area (Å²) in [6.07, 6.45) is 1.94. The lowest BCUT2D eigenvalue weighted by molar-refractivity contribution is -0.120. The molecule has 5 nitrogen and oxygen atoms in total. The van der Waals surface area contributed by atoms with Gasteiger partial charge in [0.1, 0.15) is 0 Å². The van der Waals surface area contributed by atoms with E-state index < -0.39 is 0 Å². The summed E-state index contributed by atoms with van der Waals surface area (Å²) >= 11 is 0. The second-order valence-corrected chi connectivity index (χ2v) is 4.60. The summed E-state index contributed by atoms with van der Waals surface area (Å²) < 4.78 is 4.62. The summed E-state index contributed by atoms with van der Waals surface area (Å²) in [6.45, 7) is 1.71. The largest absolute Gasteiger partial charge is 0.465 e. The molecule has 0 aromatic heterocycles. The summed E-state index contributed by atoms with van der Waals surface area (Å²) in [4.78, 5) is 23.3. The van der Waals surface area contributed by atoms with Gasteiger partial charge in [0.25, 0.3) is 0 Å². The number of amides is 1. The maximum atomic E-state index is 12.0. The smallest absolute Gasteiger partial charge is 0.337 e. The molecule has 1 aromatic carbocycles. The molecular weight excluding hydrogens is 244 g/mol. The van der Waals surface area contributed by atoms with E-state index in [1.165, 1.54) is 7.11 Å². The van der Waals surface area contributed by atoms with Crippen LogP contribution in [-0.2, 0) is 9.53 Å². The zero-order chi connectivity index (χ0) is 13.7. The second kappa shape index (κ2) is 6.33. The van der Waals surface area contributed by atoms with Gasteiger partial charge in [-0.2, -0.15) is 0 Å². The Balaban J connectivity index is 1.95. The van der Waals surface area contributed by atoms with Crippen molar-refractivity contribution in [1.29, 1.82) is 0 Å². The number of anilines is 1. The van der Waals surface area contributed by atoms with Crippen molar-refractivity contribution in [2.24, 2.45) is 5.92 Å². The lowest BCUT2D eigenvalue weighted by Gasteiger charge is -2.21. The fraction of sp³-hybridized carbons (Fsp3) is 0.429. The fourth-order valence-corrected chi connectivity index (χ4v) is 2.13. The van der Waals surface area contributed by atoms with E-state index in [9.17, 15) is 9.59 Å². The number of nitrogens with one attached hydrogen (secondary N) is 2. The molecule has 1 unspecified atom stereocenters. The van der Waals surface area contributed by atoms with Gasteiger partial charge in [-0.05, 0) is 43.7 Å². The third-order valence-corrected chi connectivity index (χ3v) is 3.24. The lowest BCUT2D eigenvalue weighted by Crippen LogP contribution is -2.37. The van der Waals surface area contributed by atoms with Crippen molar-refractivity contribution in [2.45, 2.75) is 12.8 Å². The van der Waals surface area contributed by atoms with Crippen LogP contribution in [0.25, 0.3) is 0 Å². The first-order valence-corrected chi connectivity index (χ1v) is 6.40. The normalized spacial score (nSPS) is 18.7. The predicted octanol–water partition coefficient (Wildman–Crippen LogP) is 1.41. The van der Waals surface area contributed by atoms with E-state index in [1.807, 2.05) is 0 Å². The molecule has 5 heteroatoms. The SMILES string of the molecule is COC(=O)c1ccc(NC(=O)C2CCCNC2)cc1. The first-order valence-electron chi connectivity index (χ1n) is 6.40. The molecule has 1 amide bonds. The van der Waals surface area contributed by atoms with E-state index in [4.69, 9.17) is 0 Å². The van der Waals surface area contributed by atoms with Gasteiger partial charge in [-0.15, -0.1) is 0 Å². The molecule has 1 aliphatic rings. The first kappa shape index (κ1) is 13.5. The molecule has 0 saturated carbocycles. The first-order chi connectivity index (χ1) is 9.20. The molecule has 1 heterocycles. The average molecular weight is 262 g/mol. The number of ether oxygens (including phenoxy) is 1. The van der Waals surface area contributed by atoms with Crippen molar-refractivity contribution in [3.63, 3.8) is 0 Å². The zero-order valence-electron chi connectivity index (χ0n) is 10.9. The number of piperidine rings is 1. The summed E-state index contributed by atoms with van der Waals surface area (Å²) in [7, 11) is 1.34. The Morgan fingerprint density at radius 3 is 2.63 bits per heavy atom. The molecule has 0 bridgehead atoms. The molecule has 1 aliphatic heterocycles. The summed E-state index contributed by atoms with van der Waals surface area (Å²) in [5, 5.41) is 6.08. The molecular formula is C14H18N2O3. The van der Waals surface area contributed by atoms with E-state index in [2.05, 4.69) is 15.4 Å². The highest BCUT2D eigenvalue weighted by Crippen LogP contribution is 2.15. The van der Waals surface area contributed by atoms with Crippen LogP contribution in [0.1, 0.15) is 23.2 Å². The predicted molar refractivity (Wildman–Crippen MR) is 72.0 cm³/mol. The highest BCUT2D eigenvalue weighted by atomic mass is 16.5. The van der Waals surface area contributed by atoms with Gasteiger partial charge in [0.05, 0.1) is 18.6 Å². The minimum absolute atomic E-state index is 0.0223. The number of methoxy groups -OCH3 is 1. The van der Waals surface area contributed by atoms with Crippen LogP contribution in [0.3, 0.4) is 0 Å². The van der Waals surface area contributed by atoms with E-state index in [0.717, 1.165) is 25.9 Å². The van der Waals surface area contributed by atoms with Crippen LogP contribution >= 0.6 is 0 Å². The highest BCUT2D eigenvalue weighted by molar-refractivity contribution is 5.94. The number of esters is 1. The van der Waals surface area contributed by atoms with Gasteiger partial charge in [0.15, 0.2) is 0 Å². The van der Waals surface area contributed by atoms with Crippen LogP contribution in [0.4, 0.5) is 5.69 Å². The van der Waals surface area contributed by atoms with Crippen molar-refractivity contribution in [3.05, 3.63) is 29.8 Å². The van der Waals surface area contributed by atoms with Crippen LogP contribution in [-0.4, -0.2) is 32.1 Å². The Morgan fingerprint density at radius 1 is 1.32 bits per heavy atom. The average Bonchev–Trinajstić information content (AvgIpc) is 2.48. The highest BCUT2D eigenvalue weighted by Gasteiger charge is 2.20. The minimum Gasteiger partial charge on any atom is -0.465 e. The van der Waals surface area contributed by atoms with Crippen LogP contribution in [0.15, 0.2) is 24.3 Å². The molecule has 0 spiro atoms. The van der Waals surface area contributed by atoms with Crippen LogP contribution in [0.2, 0.25) is 0 Å². The van der Waals surface area contributed by atoms with Crippen LogP contribution < -0.4 is 10.6 Å². The Hall–Kier alpha value is -1.88. The number of hydrogen-bond acceptors (Lipinski definition) is 4. The molecule has 19 heavy (non-hydrogen) atoms. The zero-order valence-corrected chi connectivity index (χ0v) is 10.9. The number of carbonyl (C=O) groups is 2. The van der Waals surface area contributed by atoms with Gasteiger partial charge in [-0.25, -0.2) is 4.79 Å². The van der Waals surface area contributed by atoms with Crippen molar-refractivity contribution in [3.8, 4) is 0 Å². The van der Waals surface area contributed by atoms with E-state index in [1.54, 1.807) is 24.3 Å². The molecule has 1 aromatic rings. The summed E-state index contributed by atoms with van der Waals surface area (Å²) in [5.41, 5.74) is 1.17. The molecule has 2 N–H and O–H groups in total. The van der Waals surface area contributed by atoms with Gasteiger partial charge in [-0.1, -0.05) is 0 Å². The van der Waals surface area contributed by atoms with Gasteiger partial charge < -0.3 is 15.4 Å². The molecule has 102 valence electrons. The number of rotatable bonds is 3. The Bertz CT molecular complexity index is 450. The molecule has 2 rings (SSSR count). The van der Waals surface area contributed by atoms with Crippen molar-refractivity contribution in [2.75, 3.05) is 25.5 Å². The number of hydrogen-bond donors (Lipinski definition) is 2. The minimum atomic E-state index is -0.380. The maximum absolute atomic E-state index is 12.0. The van der Waals surface area contributed by atoms with Gasteiger partial charge in [-0.3, -0.25) is 4.79 Å². The summed E-state index contributed by atoms with van der Waals surface area (Å²) in [5.74, 6) is -0.332. The molecule has 0 aliphatic carbocycles. The molecule has 1 atom stereocenters.